The lowest BCUT2D eigenvalue weighted by molar-refractivity contribution is 0.102. The number of sulfonamides is 1. The van der Waals surface area contributed by atoms with Crippen molar-refractivity contribution in [3.63, 3.8) is 0 Å². The third-order valence-electron chi connectivity index (χ3n) is 4.11. The van der Waals surface area contributed by atoms with Gasteiger partial charge in [0.1, 0.15) is 11.6 Å². The molecule has 4 rings (SSSR count). The molecule has 0 atom stereocenters. The van der Waals surface area contributed by atoms with Crippen LogP contribution in [0, 0.1) is 11.6 Å². The van der Waals surface area contributed by atoms with Gasteiger partial charge in [-0.05, 0) is 54.6 Å². The number of halogens is 2. The molecule has 30 heavy (non-hydrogen) atoms. The van der Waals surface area contributed by atoms with E-state index in [2.05, 4.69) is 15.0 Å². The zero-order chi connectivity index (χ0) is 21.3. The van der Waals surface area contributed by atoms with Crippen molar-refractivity contribution in [3.8, 4) is 0 Å². The molecular formula is C20H13F2N3O3S2. The van der Waals surface area contributed by atoms with Gasteiger partial charge in [-0.2, -0.15) is 0 Å². The Balaban J connectivity index is 1.60. The molecule has 0 radical (unpaired) electrons. The van der Waals surface area contributed by atoms with Gasteiger partial charge in [-0.3, -0.25) is 14.8 Å². The number of carbonyl (C=O) groups is 1. The highest BCUT2D eigenvalue weighted by Gasteiger charge is 2.19. The third-order valence-corrected chi connectivity index (χ3v) is 6.43. The smallest absolute Gasteiger partial charge is 0.261 e. The molecule has 0 saturated carbocycles. The minimum atomic E-state index is -4.04. The SMILES string of the molecule is O=C(Nc1nc2ccc(F)cc2s1)c1ccccc1NS(=O)(=O)c1ccc(F)cc1. The van der Waals surface area contributed by atoms with Crippen molar-refractivity contribution in [3.05, 3.63) is 83.9 Å². The van der Waals surface area contributed by atoms with Gasteiger partial charge in [0.25, 0.3) is 15.9 Å². The predicted octanol–water partition coefficient (Wildman–Crippen LogP) is 4.63. The summed E-state index contributed by atoms with van der Waals surface area (Å²) >= 11 is 1.09. The molecule has 0 unspecified atom stereocenters. The number of benzene rings is 3. The molecular weight excluding hydrogens is 432 g/mol. The van der Waals surface area contributed by atoms with Crippen LogP contribution in [0.1, 0.15) is 10.4 Å². The van der Waals surface area contributed by atoms with E-state index in [0.717, 1.165) is 35.6 Å². The summed E-state index contributed by atoms with van der Waals surface area (Å²) in [7, 11) is -4.04. The normalized spacial score (nSPS) is 11.4. The molecule has 0 aliphatic rings. The first-order valence-electron chi connectivity index (χ1n) is 8.57. The Bertz CT molecular complexity index is 1350. The summed E-state index contributed by atoms with van der Waals surface area (Å²) in [5.74, 6) is -1.57. The average Bonchev–Trinajstić information content (AvgIpc) is 3.09. The van der Waals surface area contributed by atoms with E-state index in [9.17, 15) is 22.0 Å². The molecule has 1 amide bonds. The van der Waals surface area contributed by atoms with Crippen molar-refractivity contribution >= 4 is 48.3 Å². The van der Waals surface area contributed by atoms with E-state index in [-0.39, 0.29) is 21.3 Å². The molecule has 0 aliphatic carbocycles. The van der Waals surface area contributed by atoms with Gasteiger partial charge in [0.05, 0.1) is 26.4 Å². The van der Waals surface area contributed by atoms with Gasteiger partial charge < -0.3 is 0 Å². The van der Waals surface area contributed by atoms with E-state index in [4.69, 9.17) is 0 Å². The largest absolute Gasteiger partial charge is 0.298 e. The molecule has 0 spiro atoms. The number of hydrogen-bond acceptors (Lipinski definition) is 5. The van der Waals surface area contributed by atoms with Crippen molar-refractivity contribution in [1.82, 2.24) is 4.98 Å². The number of thiazole rings is 1. The van der Waals surface area contributed by atoms with Crippen molar-refractivity contribution in [2.45, 2.75) is 4.90 Å². The lowest BCUT2D eigenvalue weighted by Crippen LogP contribution is -2.18. The molecule has 0 bridgehead atoms. The monoisotopic (exact) mass is 445 g/mol. The van der Waals surface area contributed by atoms with Crippen LogP contribution in [0.4, 0.5) is 19.6 Å². The van der Waals surface area contributed by atoms with Crippen molar-refractivity contribution in [2.24, 2.45) is 0 Å². The van der Waals surface area contributed by atoms with Crippen molar-refractivity contribution < 1.29 is 22.0 Å². The van der Waals surface area contributed by atoms with Crippen molar-refractivity contribution in [1.29, 1.82) is 0 Å². The zero-order valence-corrected chi connectivity index (χ0v) is 16.7. The van der Waals surface area contributed by atoms with E-state index in [1.165, 1.54) is 30.3 Å². The molecule has 0 saturated heterocycles. The number of rotatable bonds is 5. The Labute approximate surface area is 174 Å². The fourth-order valence-electron chi connectivity index (χ4n) is 2.70. The van der Waals surface area contributed by atoms with Crippen LogP contribution in [0.3, 0.4) is 0 Å². The quantitative estimate of drug-likeness (QED) is 0.469. The number of para-hydroxylation sites is 1. The van der Waals surface area contributed by atoms with Crippen LogP contribution >= 0.6 is 11.3 Å². The molecule has 3 aromatic carbocycles. The molecule has 0 aliphatic heterocycles. The van der Waals surface area contributed by atoms with Gasteiger partial charge in [0, 0.05) is 0 Å². The second kappa shape index (κ2) is 7.81. The summed E-state index contributed by atoms with van der Waals surface area (Å²) in [6.07, 6.45) is 0. The van der Waals surface area contributed by atoms with Crippen molar-refractivity contribution in [2.75, 3.05) is 10.0 Å². The van der Waals surface area contributed by atoms with Gasteiger partial charge in [-0.15, -0.1) is 0 Å². The van der Waals surface area contributed by atoms with Gasteiger partial charge in [0.15, 0.2) is 5.13 Å². The van der Waals surface area contributed by atoms with Gasteiger partial charge in [-0.25, -0.2) is 22.2 Å². The maximum Gasteiger partial charge on any atom is 0.261 e. The third kappa shape index (κ3) is 4.14. The highest BCUT2D eigenvalue weighted by Crippen LogP contribution is 2.28. The summed E-state index contributed by atoms with van der Waals surface area (Å²) < 4.78 is 54.5. The molecule has 1 aromatic heterocycles. The van der Waals surface area contributed by atoms with Gasteiger partial charge in [-0.1, -0.05) is 23.5 Å². The Hall–Kier alpha value is -3.37. The second-order valence-corrected chi connectivity index (χ2v) is 8.90. The fourth-order valence-corrected chi connectivity index (χ4v) is 4.67. The number of anilines is 2. The minimum absolute atomic E-state index is 0.0477. The van der Waals surface area contributed by atoms with Gasteiger partial charge in [0.2, 0.25) is 0 Å². The number of carbonyl (C=O) groups excluding carboxylic acids is 1. The second-order valence-electron chi connectivity index (χ2n) is 6.19. The minimum Gasteiger partial charge on any atom is -0.298 e. The number of nitrogens with zero attached hydrogens (tertiary/aromatic N) is 1. The first kappa shape index (κ1) is 19.9. The van der Waals surface area contributed by atoms with E-state index in [1.807, 2.05) is 0 Å². The number of nitrogens with one attached hydrogen (secondary N) is 2. The van der Waals surface area contributed by atoms with Crippen LogP contribution in [0.15, 0.2) is 71.6 Å². The summed E-state index contributed by atoms with van der Waals surface area (Å²) in [5.41, 5.74) is 0.641. The number of aromatic nitrogens is 1. The Morgan fingerprint density at radius 1 is 0.933 bits per heavy atom. The average molecular weight is 445 g/mol. The summed E-state index contributed by atoms with van der Waals surface area (Å²) in [6, 6.07) is 14.4. The van der Waals surface area contributed by atoms with Gasteiger partial charge >= 0.3 is 0 Å². The number of fused-ring (bicyclic) bond motifs is 1. The predicted molar refractivity (Wildman–Crippen MR) is 111 cm³/mol. The Morgan fingerprint density at radius 3 is 2.40 bits per heavy atom. The van der Waals surface area contributed by atoms with E-state index < -0.39 is 27.6 Å². The lowest BCUT2D eigenvalue weighted by Gasteiger charge is -2.12. The first-order chi connectivity index (χ1) is 14.3. The molecule has 152 valence electrons. The molecule has 1 heterocycles. The maximum absolute atomic E-state index is 13.4. The maximum atomic E-state index is 13.4. The molecule has 6 nitrogen and oxygen atoms in total. The molecule has 2 N–H and O–H groups in total. The van der Waals surface area contributed by atoms with Crippen LogP contribution in [0.2, 0.25) is 0 Å². The van der Waals surface area contributed by atoms with E-state index >= 15 is 0 Å². The summed E-state index contributed by atoms with van der Waals surface area (Å²) in [4.78, 5) is 16.8. The van der Waals surface area contributed by atoms with Crippen LogP contribution in [-0.2, 0) is 10.0 Å². The topological polar surface area (TPSA) is 88.2 Å². The number of hydrogen-bond donors (Lipinski definition) is 2. The van der Waals surface area contributed by atoms with Crippen LogP contribution < -0.4 is 10.0 Å². The molecule has 10 heteroatoms. The first-order valence-corrected chi connectivity index (χ1v) is 10.9. The lowest BCUT2D eigenvalue weighted by atomic mass is 10.2. The summed E-state index contributed by atoms with van der Waals surface area (Å²) in [6.45, 7) is 0. The highest BCUT2D eigenvalue weighted by molar-refractivity contribution is 7.92. The number of amides is 1. The summed E-state index contributed by atoms with van der Waals surface area (Å²) in [5, 5.41) is 2.85. The Morgan fingerprint density at radius 2 is 1.63 bits per heavy atom. The van der Waals surface area contributed by atoms with Crippen LogP contribution in [-0.4, -0.2) is 19.3 Å². The zero-order valence-electron chi connectivity index (χ0n) is 15.1. The van der Waals surface area contributed by atoms with Crippen LogP contribution in [0.5, 0.6) is 0 Å². The highest BCUT2D eigenvalue weighted by atomic mass is 32.2. The van der Waals surface area contributed by atoms with E-state index in [0.29, 0.717) is 10.2 Å². The fraction of sp³-hybridized carbons (Fsp3) is 0. The Kier molecular flexibility index (Phi) is 5.18. The molecule has 4 aromatic rings. The van der Waals surface area contributed by atoms with E-state index in [1.54, 1.807) is 12.1 Å². The van der Waals surface area contributed by atoms with Crippen LogP contribution in [0.25, 0.3) is 10.2 Å². The molecule has 0 fully saturated rings. The standard InChI is InChI=1S/C20H13F2N3O3S2/c21-12-5-8-14(9-6-12)30(27,28)25-16-4-2-1-3-15(16)19(26)24-20-23-17-10-7-13(22)11-18(17)29-20/h1-11,25H,(H,23,24,26).